The van der Waals surface area contributed by atoms with Crippen LogP contribution in [-0.2, 0) is 4.79 Å². The lowest BCUT2D eigenvalue weighted by Crippen LogP contribution is -2.45. The quantitative estimate of drug-likeness (QED) is 0.534. The molecule has 1 saturated heterocycles. The molecule has 1 unspecified atom stereocenters. The Labute approximate surface area is 190 Å². The van der Waals surface area contributed by atoms with E-state index in [-0.39, 0.29) is 17.9 Å². The standard InChI is InChI=1S/C23H23ClN4O2S/c1-15-20(16-9-11-18(24)12-10-16)26-22(31-15)27-21(29)17-6-5-13-28(14-17)23(30)25-19-7-3-2-4-8-19/h2-4,7-12,17H,5-6,13-14H2,1H3,(H,25,30)(H,26,27,29). The van der Waals surface area contributed by atoms with E-state index >= 15 is 0 Å². The van der Waals surface area contributed by atoms with Crippen LogP contribution in [0, 0.1) is 12.8 Å². The summed E-state index contributed by atoms with van der Waals surface area (Å²) in [5, 5.41) is 7.07. The first kappa shape index (κ1) is 21.3. The van der Waals surface area contributed by atoms with E-state index in [0.717, 1.165) is 34.7 Å². The summed E-state index contributed by atoms with van der Waals surface area (Å²) < 4.78 is 0. The van der Waals surface area contributed by atoms with Gasteiger partial charge in [0.1, 0.15) is 0 Å². The number of hydrogen-bond donors (Lipinski definition) is 2. The molecule has 8 heteroatoms. The molecule has 1 aliphatic rings. The zero-order valence-corrected chi connectivity index (χ0v) is 18.7. The molecule has 6 nitrogen and oxygen atoms in total. The number of aromatic nitrogens is 1. The van der Waals surface area contributed by atoms with E-state index in [1.807, 2.05) is 61.5 Å². The van der Waals surface area contributed by atoms with Gasteiger partial charge in [-0.25, -0.2) is 9.78 Å². The average molecular weight is 455 g/mol. The summed E-state index contributed by atoms with van der Waals surface area (Å²) in [7, 11) is 0. The number of amides is 3. The third-order valence-corrected chi connectivity index (χ3v) is 6.39. The van der Waals surface area contributed by atoms with Gasteiger partial charge in [-0.15, -0.1) is 11.3 Å². The Morgan fingerprint density at radius 1 is 1.10 bits per heavy atom. The molecule has 3 amide bonds. The lowest BCUT2D eigenvalue weighted by molar-refractivity contribution is -0.121. The Bertz CT molecular complexity index is 1070. The van der Waals surface area contributed by atoms with Crippen molar-refractivity contribution in [2.24, 2.45) is 5.92 Å². The number of nitrogens with zero attached hydrogens (tertiary/aromatic N) is 2. The minimum Gasteiger partial charge on any atom is -0.324 e. The van der Waals surface area contributed by atoms with Crippen LogP contribution in [0.15, 0.2) is 54.6 Å². The fourth-order valence-electron chi connectivity index (χ4n) is 3.63. The number of piperidine rings is 1. The van der Waals surface area contributed by atoms with E-state index < -0.39 is 0 Å². The van der Waals surface area contributed by atoms with Crippen LogP contribution < -0.4 is 10.6 Å². The van der Waals surface area contributed by atoms with Gasteiger partial charge in [0, 0.05) is 34.2 Å². The van der Waals surface area contributed by atoms with E-state index in [1.54, 1.807) is 4.90 Å². The van der Waals surface area contributed by atoms with Crippen LogP contribution in [0.5, 0.6) is 0 Å². The Balaban J connectivity index is 1.39. The zero-order valence-electron chi connectivity index (χ0n) is 17.1. The number of para-hydroxylation sites is 1. The monoisotopic (exact) mass is 454 g/mol. The molecular formula is C23H23ClN4O2S. The topological polar surface area (TPSA) is 74.3 Å². The highest BCUT2D eigenvalue weighted by atomic mass is 35.5. The molecule has 2 aromatic carbocycles. The molecule has 4 rings (SSSR count). The Hall–Kier alpha value is -2.90. The summed E-state index contributed by atoms with van der Waals surface area (Å²) in [6.45, 7) is 3.01. The molecule has 1 fully saturated rings. The maximum absolute atomic E-state index is 12.9. The summed E-state index contributed by atoms with van der Waals surface area (Å²) in [5.41, 5.74) is 2.54. The number of hydrogen-bond acceptors (Lipinski definition) is 4. The van der Waals surface area contributed by atoms with Crippen molar-refractivity contribution in [1.29, 1.82) is 0 Å². The largest absolute Gasteiger partial charge is 0.324 e. The number of benzene rings is 2. The van der Waals surface area contributed by atoms with Gasteiger partial charge < -0.3 is 15.5 Å². The van der Waals surface area contributed by atoms with Gasteiger partial charge in [0.15, 0.2) is 5.13 Å². The van der Waals surface area contributed by atoms with Crippen molar-refractivity contribution < 1.29 is 9.59 Å². The summed E-state index contributed by atoms with van der Waals surface area (Å²) >= 11 is 7.42. The molecule has 3 aromatic rings. The lowest BCUT2D eigenvalue weighted by Gasteiger charge is -2.31. The second kappa shape index (κ2) is 9.49. The summed E-state index contributed by atoms with van der Waals surface area (Å²) in [6.07, 6.45) is 1.53. The molecule has 0 bridgehead atoms. The molecule has 2 heterocycles. The highest BCUT2D eigenvalue weighted by Crippen LogP contribution is 2.31. The van der Waals surface area contributed by atoms with Crippen molar-refractivity contribution >= 4 is 45.7 Å². The number of nitrogens with one attached hydrogen (secondary N) is 2. The van der Waals surface area contributed by atoms with Crippen molar-refractivity contribution in [2.45, 2.75) is 19.8 Å². The van der Waals surface area contributed by atoms with Gasteiger partial charge in [-0.1, -0.05) is 41.9 Å². The number of thiazole rings is 1. The van der Waals surface area contributed by atoms with E-state index in [9.17, 15) is 9.59 Å². The maximum Gasteiger partial charge on any atom is 0.321 e. The second-order valence-corrected chi connectivity index (χ2v) is 9.14. The number of halogens is 1. The Kier molecular flexibility index (Phi) is 6.53. The lowest BCUT2D eigenvalue weighted by atomic mass is 9.97. The van der Waals surface area contributed by atoms with E-state index in [4.69, 9.17) is 11.6 Å². The molecule has 31 heavy (non-hydrogen) atoms. The minimum absolute atomic E-state index is 0.103. The van der Waals surface area contributed by atoms with E-state index in [0.29, 0.717) is 23.2 Å². The minimum atomic E-state index is -0.265. The van der Waals surface area contributed by atoms with Crippen molar-refractivity contribution in [3.8, 4) is 11.3 Å². The van der Waals surface area contributed by atoms with Crippen molar-refractivity contribution in [2.75, 3.05) is 23.7 Å². The number of carbonyl (C=O) groups excluding carboxylic acids is 2. The first-order valence-electron chi connectivity index (χ1n) is 10.1. The third kappa shape index (κ3) is 5.24. The molecule has 2 N–H and O–H groups in total. The molecule has 0 saturated carbocycles. The first-order chi connectivity index (χ1) is 15.0. The predicted molar refractivity (Wildman–Crippen MR) is 126 cm³/mol. The average Bonchev–Trinajstić information content (AvgIpc) is 3.15. The highest BCUT2D eigenvalue weighted by Gasteiger charge is 2.29. The van der Waals surface area contributed by atoms with Crippen LogP contribution >= 0.6 is 22.9 Å². The molecule has 1 aromatic heterocycles. The van der Waals surface area contributed by atoms with Crippen LogP contribution in [0.1, 0.15) is 17.7 Å². The van der Waals surface area contributed by atoms with E-state index in [2.05, 4.69) is 15.6 Å². The maximum atomic E-state index is 12.9. The van der Waals surface area contributed by atoms with Crippen LogP contribution in [0.2, 0.25) is 5.02 Å². The van der Waals surface area contributed by atoms with Gasteiger partial charge in [0.25, 0.3) is 0 Å². The van der Waals surface area contributed by atoms with Crippen LogP contribution in [0.25, 0.3) is 11.3 Å². The second-order valence-electron chi connectivity index (χ2n) is 7.50. The van der Waals surface area contributed by atoms with Crippen molar-refractivity contribution in [3.63, 3.8) is 0 Å². The Morgan fingerprint density at radius 3 is 2.58 bits per heavy atom. The fourth-order valence-corrected chi connectivity index (χ4v) is 4.60. The molecular weight excluding hydrogens is 432 g/mol. The van der Waals surface area contributed by atoms with Crippen molar-refractivity contribution in [1.82, 2.24) is 9.88 Å². The van der Waals surface area contributed by atoms with Crippen LogP contribution in [-0.4, -0.2) is 34.9 Å². The van der Waals surface area contributed by atoms with Gasteiger partial charge in [0.05, 0.1) is 11.6 Å². The molecule has 0 radical (unpaired) electrons. The normalized spacial score (nSPS) is 16.1. The van der Waals surface area contributed by atoms with E-state index in [1.165, 1.54) is 11.3 Å². The van der Waals surface area contributed by atoms with Gasteiger partial charge in [-0.2, -0.15) is 0 Å². The number of urea groups is 1. The molecule has 0 aliphatic carbocycles. The first-order valence-corrected chi connectivity index (χ1v) is 11.3. The smallest absolute Gasteiger partial charge is 0.321 e. The van der Waals surface area contributed by atoms with Crippen molar-refractivity contribution in [3.05, 3.63) is 64.5 Å². The number of aryl methyl sites for hydroxylation is 1. The summed E-state index contributed by atoms with van der Waals surface area (Å²) in [5.74, 6) is -0.368. The van der Waals surface area contributed by atoms with Crippen LogP contribution in [0.3, 0.4) is 0 Å². The predicted octanol–water partition coefficient (Wildman–Crippen LogP) is 5.65. The molecule has 1 aliphatic heterocycles. The third-order valence-electron chi connectivity index (χ3n) is 5.25. The number of rotatable bonds is 4. The van der Waals surface area contributed by atoms with Crippen LogP contribution in [0.4, 0.5) is 15.6 Å². The van der Waals surface area contributed by atoms with Gasteiger partial charge >= 0.3 is 6.03 Å². The SMILES string of the molecule is Cc1sc(NC(=O)C2CCCN(C(=O)Nc3ccccc3)C2)nc1-c1ccc(Cl)cc1. The number of likely N-dealkylation sites (tertiary alicyclic amines) is 1. The van der Waals surface area contributed by atoms with Gasteiger partial charge in [0.2, 0.25) is 5.91 Å². The zero-order chi connectivity index (χ0) is 21.8. The molecule has 160 valence electrons. The fraction of sp³-hybridized carbons (Fsp3) is 0.261. The summed E-state index contributed by atoms with van der Waals surface area (Å²) in [4.78, 5) is 32.8. The van der Waals surface area contributed by atoms with Gasteiger partial charge in [-0.05, 0) is 44.0 Å². The highest BCUT2D eigenvalue weighted by molar-refractivity contribution is 7.16. The molecule has 0 spiro atoms. The number of carbonyl (C=O) groups is 2. The summed E-state index contributed by atoms with van der Waals surface area (Å²) in [6, 6.07) is 16.6. The number of anilines is 2. The Morgan fingerprint density at radius 2 is 1.84 bits per heavy atom. The van der Waals surface area contributed by atoms with Gasteiger partial charge in [-0.3, -0.25) is 4.79 Å². The molecule has 1 atom stereocenters.